The number of amides is 1. The number of hydrogen-bond donors (Lipinski definition) is 0. The van der Waals surface area contributed by atoms with Crippen molar-refractivity contribution in [1.82, 2.24) is 14.7 Å². The van der Waals surface area contributed by atoms with Gasteiger partial charge < -0.3 is 9.64 Å². The van der Waals surface area contributed by atoms with E-state index in [0.717, 1.165) is 5.56 Å². The molecular weight excluding hydrogens is 285 g/mol. The van der Waals surface area contributed by atoms with E-state index in [0.29, 0.717) is 19.7 Å². The minimum absolute atomic E-state index is 0.0131. The summed E-state index contributed by atoms with van der Waals surface area (Å²) in [4.78, 5) is 14.4. The smallest absolute Gasteiger partial charge is 0.247 e. The maximum absolute atomic E-state index is 13.0. The van der Waals surface area contributed by atoms with Crippen molar-refractivity contribution in [3.63, 3.8) is 0 Å². The van der Waals surface area contributed by atoms with Gasteiger partial charge in [-0.25, -0.2) is 4.39 Å². The number of morpholine rings is 1. The molecule has 1 aliphatic rings. The molecule has 22 heavy (non-hydrogen) atoms. The minimum Gasteiger partial charge on any atom is -0.370 e. The lowest BCUT2D eigenvalue weighted by Crippen LogP contribution is -2.45. The third-order valence-electron chi connectivity index (χ3n) is 3.90. The molecule has 2 atom stereocenters. The van der Waals surface area contributed by atoms with Crippen molar-refractivity contribution in [3.8, 4) is 0 Å². The van der Waals surface area contributed by atoms with Crippen LogP contribution in [0.3, 0.4) is 0 Å². The first kappa shape index (κ1) is 14.7. The second-order valence-corrected chi connectivity index (χ2v) is 5.36. The summed E-state index contributed by atoms with van der Waals surface area (Å²) in [6.07, 6.45) is 3.22. The summed E-state index contributed by atoms with van der Waals surface area (Å²) in [6.45, 7) is 3.33. The molecule has 3 rings (SSSR count). The number of benzene rings is 1. The van der Waals surface area contributed by atoms with Gasteiger partial charge >= 0.3 is 0 Å². The first-order valence-corrected chi connectivity index (χ1v) is 7.30. The van der Waals surface area contributed by atoms with Crippen molar-refractivity contribution < 1.29 is 13.9 Å². The number of aromatic nitrogens is 2. The molecule has 0 radical (unpaired) electrons. The minimum atomic E-state index is -0.345. The monoisotopic (exact) mass is 303 g/mol. The average molecular weight is 303 g/mol. The van der Waals surface area contributed by atoms with E-state index in [1.54, 1.807) is 40.2 Å². The highest BCUT2D eigenvalue weighted by Gasteiger charge is 2.29. The molecule has 1 amide bonds. The third kappa shape index (κ3) is 3.01. The third-order valence-corrected chi connectivity index (χ3v) is 3.90. The lowest BCUT2D eigenvalue weighted by Gasteiger charge is -2.34. The molecule has 0 spiro atoms. The highest BCUT2D eigenvalue weighted by atomic mass is 19.1. The maximum Gasteiger partial charge on any atom is 0.247 e. The fraction of sp³-hybridized carbons (Fsp3) is 0.375. The number of rotatable bonds is 3. The van der Waals surface area contributed by atoms with Gasteiger partial charge in [0.2, 0.25) is 5.91 Å². The molecular formula is C16H18FN3O2. The van der Waals surface area contributed by atoms with Crippen molar-refractivity contribution in [1.29, 1.82) is 0 Å². The molecule has 0 saturated carbocycles. The Morgan fingerprint density at radius 1 is 1.41 bits per heavy atom. The van der Waals surface area contributed by atoms with Gasteiger partial charge in [-0.15, -0.1) is 0 Å². The summed E-state index contributed by atoms with van der Waals surface area (Å²) in [5, 5.41) is 4.12. The molecule has 0 bridgehead atoms. The number of carbonyl (C=O) groups excluding carboxylic acids is 1. The molecule has 2 heterocycles. The quantitative estimate of drug-likeness (QED) is 0.873. The summed E-state index contributed by atoms with van der Waals surface area (Å²) < 4.78 is 20.4. The van der Waals surface area contributed by atoms with Crippen LogP contribution in [-0.2, 0) is 9.53 Å². The van der Waals surface area contributed by atoms with Crippen LogP contribution in [-0.4, -0.2) is 40.3 Å². The SMILES string of the molecule is CC(C(=O)N1CCOC(c2ccc(F)cc2)C1)n1cccn1. The molecule has 0 aliphatic carbocycles. The van der Waals surface area contributed by atoms with Crippen LogP contribution in [0.2, 0.25) is 0 Å². The zero-order valence-corrected chi connectivity index (χ0v) is 12.4. The van der Waals surface area contributed by atoms with E-state index in [-0.39, 0.29) is 23.9 Å². The summed E-state index contributed by atoms with van der Waals surface area (Å²) in [7, 11) is 0. The molecule has 1 saturated heterocycles. The first-order valence-electron chi connectivity index (χ1n) is 7.30. The summed E-state index contributed by atoms with van der Waals surface area (Å²) in [5.74, 6) is -0.265. The Bertz CT molecular complexity index is 627. The lowest BCUT2D eigenvalue weighted by atomic mass is 10.1. The Kier molecular flexibility index (Phi) is 4.20. The van der Waals surface area contributed by atoms with E-state index in [1.165, 1.54) is 12.1 Å². The van der Waals surface area contributed by atoms with Crippen LogP contribution in [0.15, 0.2) is 42.7 Å². The predicted octanol–water partition coefficient (Wildman–Crippen LogP) is 2.18. The van der Waals surface area contributed by atoms with E-state index < -0.39 is 0 Å². The normalized spacial score (nSPS) is 19.9. The topological polar surface area (TPSA) is 47.4 Å². The Morgan fingerprint density at radius 3 is 2.86 bits per heavy atom. The summed E-state index contributed by atoms with van der Waals surface area (Å²) in [5.41, 5.74) is 0.880. The van der Waals surface area contributed by atoms with Gasteiger partial charge in [-0.2, -0.15) is 5.10 Å². The second-order valence-electron chi connectivity index (χ2n) is 5.36. The number of hydrogen-bond acceptors (Lipinski definition) is 3. The second kappa shape index (κ2) is 6.27. The zero-order valence-electron chi connectivity index (χ0n) is 12.4. The summed E-state index contributed by atoms with van der Waals surface area (Å²) in [6, 6.07) is 7.67. The van der Waals surface area contributed by atoms with E-state index in [9.17, 15) is 9.18 Å². The molecule has 116 valence electrons. The van der Waals surface area contributed by atoms with Gasteiger partial charge in [0.15, 0.2) is 0 Å². The van der Waals surface area contributed by atoms with E-state index >= 15 is 0 Å². The number of ether oxygens (including phenoxy) is 1. The molecule has 0 N–H and O–H groups in total. The predicted molar refractivity (Wildman–Crippen MR) is 78.6 cm³/mol. The number of nitrogens with zero attached hydrogens (tertiary/aromatic N) is 3. The number of halogens is 1. The van der Waals surface area contributed by atoms with Crippen LogP contribution < -0.4 is 0 Å². The zero-order chi connectivity index (χ0) is 15.5. The maximum atomic E-state index is 13.0. The van der Waals surface area contributed by atoms with Gasteiger partial charge in [-0.05, 0) is 30.7 Å². The standard InChI is InChI=1S/C16H18FN3O2/c1-12(20-8-2-7-18-20)16(21)19-9-10-22-15(11-19)13-3-5-14(17)6-4-13/h2-8,12,15H,9-11H2,1H3. The molecule has 1 fully saturated rings. The van der Waals surface area contributed by atoms with Gasteiger partial charge in [0.05, 0.1) is 13.2 Å². The number of carbonyl (C=O) groups is 1. The van der Waals surface area contributed by atoms with Crippen LogP contribution >= 0.6 is 0 Å². The molecule has 1 aromatic heterocycles. The molecule has 2 unspecified atom stereocenters. The summed E-state index contributed by atoms with van der Waals surface area (Å²) >= 11 is 0. The molecule has 2 aromatic rings. The van der Waals surface area contributed by atoms with Crippen LogP contribution in [0, 0.1) is 5.82 Å². The van der Waals surface area contributed by atoms with E-state index in [2.05, 4.69) is 5.10 Å². The average Bonchev–Trinajstić information content (AvgIpc) is 3.09. The van der Waals surface area contributed by atoms with Crippen molar-refractivity contribution in [2.24, 2.45) is 0 Å². The van der Waals surface area contributed by atoms with E-state index in [1.807, 2.05) is 6.92 Å². The highest BCUT2D eigenvalue weighted by molar-refractivity contribution is 5.80. The van der Waals surface area contributed by atoms with Gasteiger partial charge in [-0.1, -0.05) is 12.1 Å². The Balaban J connectivity index is 1.70. The van der Waals surface area contributed by atoms with Crippen LogP contribution in [0.1, 0.15) is 24.6 Å². The van der Waals surface area contributed by atoms with Crippen LogP contribution in [0.25, 0.3) is 0 Å². The lowest BCUT2D eigenvalue weighted by molar-refractivity contribution is -0.142. The molecule has 5 nitrogen and oxygen atoms in total. The van der Waals surface area contributed by atoms with Gasteiger partial charge in [0.25, 0.3) is 0 Å². The van der Waals surface area contributed by atoms with Gasteiger partial charge in [0, 0.05) is 18.9 Å². The molecule has 6 heteroatoms. The van der Waals surface area contributed by atoms with E-state index in [4.69, 9.17) is 4.74 Å². The van der Waals surface area contributed by atoms with Crippen LogP contribution in [0.4, 0.5) is 4.39 Å². The van der Waals surface area contributed by atoms with Gasteiger partial charge in [-0.3, -0.25) is 9.48 Å². The Labute approximate surface area is 128 Å². The van der Waals surface area contributed by atoms with Crippen molar-refractivity contribution in [2.75, 3.05) is 19.7 Å². The van der Waals surface area contributed by atoms with Crippen LogP contribution in [0.5, 0.6) is 0 Å². The largest absolute Gasteiger partial charge is 0.370 e. The first-order chi connectivity index (χ1) is 10.6. The fourth-order valence-electron chi connectivity index (χ4n) is 2.62. The molecule has 1 aromatic carbocycles. The fourth-order valence-corrected chi connectivity index (χ4v) is 2.62. The molecule has 1 aliphatic heterocycles. The van der Waals surface area contributed by atoms with Gasteiger partial charge in [0.1, 0.15) is 18.0 Å². The van der Waals surface area contributed by atoms with Crippen molar-refractivity contribution in [2.45, 2.75) is 19.1 Å². The Morgan fingerprint density at radius 2 is 2.18 bits per heavy atom. The van der Waals surface area contributed by atoms with Crippen molar-refractivity contribution >= 4 is 5.91 Å². The van der Waals surface area contributed by atoms with Crippen molar-refractivity contribution in [3.05, 3.63) is 54.1 Å². The highest BCUT2D eigenvalue weighted by Crippen LogP contribution is 2.24. The Hall–Kier alpha value is -2.21.